The van der Waals surface area contributed by atoms with Crippen LogP contribution < -0.4 is 5.32 Å². The molecule has 2 atom stereocenters. The van der Waals surface area contributed by atoms with Crippen molar-refractivity contribution in [2.24, 2.45) is 0 Å². The van der Waals surface area contributed by atoms with Gasteiger partial charge in [-0.3, -0.25) is 9.48 Å². The summed E-state index contributed by atoms with van der Waals surface area (Å²) < 4.78 is 1.83. The van der Waals surface area contributed by atoms with E-state index in [-0.39, 0.29) is 30.6 Å². The number of nitrogens with zero attached hydrogens (tertiary/aromatic N) is 3. The van der Waals surface area contributed by atoms with Gasteiger partial charge in [0.25, 0.3) is 5.91 Å². The third-order valence-corrected chi connectivity index (χ3v) is 5.34. The van der Waals surface area contributed by atoms with Gasteiger partial charge in [0.2, 0.25) is 0 Å². The summed E-state index contributed by atoms with van der Waals surface area (Å²) in [5.74, 6) is -0.295. The number of carbonyl (C=O) groups is 2. The Balaban J connectivity index is 1.77. The summed E-state index contributed by atoms with van der Waals surface area (Å²) in [6.07, 6.45) is 0.568. The van der Waals surface area contributed by atoms with Crippen LogP contribution in [0.1, 0.15) is 63.5 Å². The van der Waals surface area contributed by atoms with Crippen molar-refractivity contribution in [2.75, 3.05) is 6.54 Å². The number of nitrogens with one attached hydrogen (secondary N) is 1. The molecule has 29 heavy (non-hydrogen) atoms. The molecule has 158 valence electrons. The molecule has 1 fully saturated rings. The standard InChI is InChI=1S/C21H30N4O4/c1-13(2)25-17-8-6-5-7-16(17)18(23-25)19(26)22-14-9-10-15(11-21(3,4)29)24(12-14)20(27)28/h5-8,13-15,29H,9-12H2,1-4H3,(H,22,26)(H,27,28)/t14-,15-/m0/s1. The number of hydrogen-bond acceptors (Lipinski definition) is 4. The highest BCUT2D eigenvalue weighted by Gasteiger charge is 2.35. The second kappa shape index (κ2) is 8.02. The summed E-state index contributed by atoms with van der Waals surface area (Å²) in [5, 5.41) is 27.9. The summed E-state index contributed by atoms with van der Waals surface area (Å²) in [6.45, 7) is 7.57. The van der Waals surface area contributed by atoms with E-state index in [1.165, 1.54) is 4.90 Å². The van der Waals surface area contributed by atoms with Crippen LogP contribution in [0.15, 0.2) is 24.3 Å². The molecule has 1 aliphatic heterocycles. The maximum absolute atomic E-state index is 13.0. The summed E-state index contributed by atoms with van der Waals surface area (Å²) in [6, 6.07) is 7.16. The molecule has 0 saturated carbocycles. The highest BCUT2D eigenvalue weighted by Crippen LogP contribution is 2.26. The molecule has 1 saturated heterocycles. The number of benzene rings is 1. The van der Waals surface area contributed by atoms with Crippen molar-refractivity contribution in [1.29, 1.82) is 0 Å². The number of fused-ring (bicyclic) bond motifs is 1. The van der Waals surface area contributed by atoms with Crippen LogP contribution >= 0.6 is 0 Å². The number of aliphatic hydroxyl groups is 1. The van der Waals surface area contributed by atoms with Gasteiger partial charge in [0.15, 0.2) is 5.69 Å². The summed E-state index contributed by atoms with van der Waals surface area (Å²) in [4.78, 5) is 26.0. The molecule has 8 nitrogen and oxygen atoms in total. The first-order chi connectivity index (χ1) is 13.6. The van der Waals surface area contributed by atoms with Gasteiger partial charge in [0.1, 0.15) is 0 Å². The normalized spacial score (nSPS) is 20.3. The number of para-hydroxylation sites is 1. The van der Waals surface area contributed by atoms with Crippen LogP contribution in [0, 0.1) is 0 Å². The van der Waals surface area contributed by atoms with Gasteiger partial charge in [0.05, 0.1) is 11.1 Å². The van der Waals surface area contributed by atoms with Crippen LogP contribution in [0.25, 0.3) is 10.9 Å². The average Bonchev–Trinajstić information content (AvgIpc) is 3.01. The lowest BCUT2D eigenvalue weighted by atomic mass is 9.90. The van der Waals surface area contributed by atoms with Crippen LogP contribution in [0.5, 0.6) is 0 Å². The molecular formula is C21H30N4O4. The van der Waals surface area contributed by atoms with Crippen molar-refractivity contribution in [3.05, 3.63) is 30.0 Å². The van der Waals surface area contributed by atoms with Gasteiger partial charge in [-0.1, -0.05) is 18.2 Å². The third-order valence-electron chi connectivity index (χ3n) is 5.34. The average molecular weight is 402 g/mol. The maximum atomic E-state index is 13.0. The number of aromatic nitrogens is 2. The molecule has 1 aromatic heterocycles. The monoisotopic (exact) mass is 402 g/mol. The fourth-order valence-corrected chi connectivity index (χ4v) is 4.07. The minimum Gasteiger partial charge on any atom is -0.465 e. The lowest BCUT2D eigenvalue weighted by Crippen LogP contribution is -2.55. The van der Waals surface area contributed by atoms with Crippen LogP contribution in [0.4, 0.5) is 4.79 Å². The zero-order valence-electron chi connectivity index (χ0n) is 17.4. The highest BCUT2D eigenvalue weighted by atomic mass is 16.4. The lowest BCUT2D eigenvalue weighted by Gasteiger charge is -2.40. The van der Waals surface area contributed by atoms with E-state index in [2.05, 4.69) is 10.4 Å². The number of likely N-dealkylation sites (tertiary alicyclic amines) is 1. The lowest BCUT2D eigenvalue weighted by molar-refractivity contribution is 0.0194. The molecule has 0 spiro atoms. The molecule has 2 aromatic rings. The predicted molar refractivity (Wildman–Crippen MR) is 110 cm³/mol. The summed E-state index contributed by atoms with van der Waals surface area (Å²) >= 11 is 0. The Bertz CT molecular complexity index is 900. The number of amides is 2. The van der Waals surface area contributed by atoms with Crippen molar-refractivity contribution in [2.45, 2.75) is 70.7 Å². The second-order valence-electron chi connectivity index (χ2n) is 8.76. The van der Waals surface area contributed by atoms with Crippen molar-refractivity contribution in [3.63, 3.8) is 0 Å². The summed E-state index contributed by atoms with van der Waals surface area (Å²) in [7, 11) is 0. The number of hydrogen-bond donors (Lipinski definition) is 3. The fraction of sp³-hybridized carbons (Fsp3) is 0.571. The zero-order valence-corrected chi connectivity index (χ0v) is 17.4. The van der Waals surface area contributed by atoms with Gasteiger partial charge in [-0.15, -0.1) is 0 Å². The van der Waals surface area contributed by atoms with Gasteiger partial charge >= 0.3 is 6.09 Å². The molecular weight excluding hydrogens is 372 g/mol. The zero-order chi connectivity index (χ0) is 21.3. The fourth-order valence-electron chi connectivity index (χ4n) is 4.07. The topological polar surface area (TPSA) is 108 Å². The van der Waals surface area contributed by atoms with Crippen molar-refractivity contribution in [3.8, 4) is 0 Å². The first-order valence-electron chi connectivity index (χ1n) is 10.1. The Kier molecular flexibility index (Phi) is 5.84. The number of piperidine rings is 1. The van der Waals surface area contributed by atoms with E-state index in [0.29, 0.717) is 25.0 Å². The van der Waals surface area contributed by atoms with E-state index < -0.39 is 11.7 Å². The van der Waals surface area contributed by atoms with Crippen LogP contribution in [0.3, 0.4) is 0 Å². The van der Waals surface area contributed by atoms with E-state index in [9.17, 15) is 19.8 Å². The maximum Gasteiger partial charge on any atom is 0.407 e. The van der Waals surface area contributed by atoms with Gasteiger partial charge in [-0.05, 0) is 53.0 Å². The largest absolute Gasteiger partial charge is 0.465 e. The molecule has 3 N–H and O–H groups in total. The van der Waals surface area contributed by atoms with Gasteiger partial charge in [-0.25, -0.2) is 4.79 Å². The summed E-state index contributed by atoms with van der Waals surface area (Å²) in [5.41, 5.74) is 0.306. The van der Waals surface area contributed by atoms with E-state index in [0.717, 1.165) is 10.9 Å². The van der Waals surface area contributed by atoms with Gasteiger partial charge in [-0.2, -0.15) is 5.10 Å². The Morgan fingerprint density at radius 2 is 1.97 bits per heavy atom. The number of rotatable bonds is 5. The first kappa shape index (κ1) is 21.1. The molecule has 8 heteroatoms. The third kappa shape index (κ3) is 4.70. The Hall–Kier alpha value is -2.61. The molecule has 2 heterocycles. The van der Waals surface area contributed by atoms with E-state index in [1.807, 2.05) is 42.8 Å². The SMILES string of the molecule is CC(C)n1nc(C(=O)N[C@H]2CC[C@@H](CC(C)(C)O)N(C(=O)O)C2)c2ccccc21. The van der Waals surface area contributed by atoms with Crippen LogP contribution in [-0.2, 0) is 0 Å². The molecule has 1 aromatic carbocycles. The van der Waals surface area contributed by atoms with Gasteiger partial charge < -0.3 is 20.4 Å². The van der Waals surface area contributed by atoms with Crippen LogP contribution in [-0.4, -0.2) is 61.1 Å². The molecule has 0 bridgehead atoms. The first-order valence-corrected chi connectivity index (χ1v) is 10.1. The van der Waals surface area contributed by atoms with Gasteiger partial charge in [0, 0.05) is 30.1 Å². The Morgan fingerprint density at radius 3 is 2.59 bits per heavy atom. The highest BCUT2D eigenvalue weighted by molar-refractivity contribution is 6.05. The molecule has 0 unspecified atom stereocenters. The van der Waals surface area contributed by atoms with E-state index >= 15 is 0 Å². The number of carbonyl (C=O) groups excluding carboxylic acids is 1. The Morgan fingerprint density at radius 1 is 1.28 bits per heavy atom. The van der Waals surface area contributed by atoms with Crippen LogP contribution in [0.2, 0.25) is 0 Å². The molecule has 2 amide bonds. The number of carboxylic acid groups (broad SMARTS) is 1. The molecule has 0 radical (unpaired) electrons. The molecule has 1 aliphatic rings. The predicted octanol–water partition coefficient (Wildman–Crippen LogP) is 3.02. The smallest absolute Gasteiger partial charge is 0.407 e. The Labute approximate surface area is 170 Å². The van der Waals surface area contributed by atoms with E-state index in [1.54, 1.807) is 13.8 Å². The molecule has 0 aliphatic carbocycles. The minimum absolute atomic E-state index is 0.112. The second-order valence-corrected chi connectivity index (χ2v) is 8.76. The van der Waals surface area contributed by atoms with Crippen molar-refractivity contribution < 1.29 is 19.8 Å². The van der Waals surface area contributed by atoms with Crippen molar-refractivity contribution >= 4 is 22.9 Å². The molecule has 3 rings (SSSR count). The quantitative estimate of drug-likeness (QED) is 0.712. The van der Waals surface area contributed by atoms with E-state index in [4.69, 9.17) is 0 Å². The minimum atomic E-state index is -1.03. The van der Waals surface area contributed by atoms with Crippen molar-refractivity contribution in [1.82, 2.24) is 20.0 Å².